The van der Waals surface area contributed by atoms with E-state index in [1.165, 1.54) is 60.5 Å². The Kier molecular flexibility index (Phi) is 3.38. The van der Waals surface area contributed by atoms with Gasteiger partial charge in [0.1, 0.15) is 0 Å². The number of allylic oxidation sites excluding steroid dienone is 7. The zero-order valence-electron chi connectivity index (χ0n) is 18.2. The molecule has 8 rings (SSSR count). The van der Waals surface area contributed by atoms with Crippen molar-refractivity contribution in [1.29, 1.82) is 0 Å². The Morgan fingerprint density at radius 1 is 0.545 bits per heavy atom. The van der Waals surface area contributed by atoms with Crippen molar-refractivity contribution in [3.05, 3.63) is 136 Å². The van der Waals surface area contributed by atoms with E-state index in [0.717, 1.165) is 0 Å². The molecule has 4 aliphatic carbocycles. The van der Waals surface area contributed by atoms with E-state index in [1.54, 1.807) is 0 Å². The Balaban J connectivity index is 1.55. The van der Waals surface area contributed by atoms with Gasteiger partial charge in [0, 0.05) is 17.8 Å². The van der Waals surface area contributed by atoms with Crippen LogP contribution in [0.25, 0.3) is 39.8 Å². The van der Waals surface area contributed by atoms with Crippen LogP contribution in [0.4, 0.5) is 0 Å². The summed E-state index contributed by atoms with van der Waals surface area (Å²) in [6.07, 6.45) is 20.9. The highest BCUT2D eigenvalue weighted by Gasteiger charge is 2.33. The molecule has 154 valence electrons. The highest BCUT2D eigenvalue weighted by Crippen LogP contribution is 2.50. The van der Waals surface area contributed by atoms with Crippen LogP contribution in [0.2, 0.25) is 0 Å². The molecular formula is C33H22. The van der Waals surface area contributed by atoms with Crippen LogP contribution in [0.15, 0.2) is 103 Å². The summed E-state index contributed by atoms with van der Waals surface area (Å²) < 4.78 is 0. The molecule has 4 aromatic rings. The number of fused-ring (bicyclic) bond motifs is 13. The molecule has 0 fully saturated rings. The number of rotatable bonds is 0. The van der Waals surface area contributed by atoms with Crippen molar-refractivity contribution in [1.82, 2.24) is 0 Å². The van der Waals surface area contributed by atoms with Gasteiger partial charge in [-0.15, -0.1) is 0 Å². The van der Waals surface area contributed by atoms with Gasteiger partial charge in [-0.25, -0.2) is 0 Å². The van der Waals surface area contributed by atoms with Crippen molar-refractivity contribution in [2.75, 3.05) is 0 Å². The molecule has 0 heteroatoms. The third-order valence-corrected chi connectivity index (χ3v) is 8.06. The molecule has 0 radical (unpaired) electrons. The van der Waals surface area contributed by atoms with E-state index in [1.807, 2.05) is 0 Å². The van der Waals surface area contributed by atoms with Crippen molar-refractivity contribution in [2.45, 2.75) is 11.8 Å². The molecule has 0 saturated carbocycles. The molecule has 3 atom stereocenters. The highest BCUT2D eigenvalue weighted by molar-refractivity contribution is 6.14. The van der Waals surface area contributed by atoms with E-state index >= 15 is 0 Å². The normalized spacial score (nSPS) is 23.2. The number of hydrogen-bond acceptors (Lipinski definition) is 0. The molecular weight excluding hydrogens is 396 g/mol. The molecule has 0 aromatic heterocycles. The largest absolute Gasteiger partial charge is 0.0761 e. The molecule has 33 heavy (non-hydrogen) atoms. The van der Waals surface area contributed by atoms with Gasteiger partial charge in [0.2, 0.25) is 0 Å². The van der Waals surface area contributed by atoms with Crippen molar-refractivity contribution in [2.24, 2.45) is 5.92 Å². The fourth-order valence-corrected chi connectivity index (χ4v) is 6.60. The minimum absolute atomic E-state index is 0.351. The Morgan fingerprint density at radius 3 is 2.09 bits per heavy atom. The lowest BCUT2D eigenvalue weighted by Gasteiger charge is -2.34. The van der Waals surface area contributed by atoms with Gasteiger partial charge in [0.15, 0.2) is 0 Å². The minimum atomic E-state index is 0.351. The van der Waals surface area contributed by atoms with Crippen LogP contribution in [-0.4, -0.2) is 0 Å². The van der Waals surface area contributed by atoms with Gasteiger partial charge in [-0.3, -0.25) is 0 Å². The van der Waals surface area contributed by atoms with Gasteiger partial charge in [-0.2, -0.15) is 0 Å². The Labute approximate surface area is 193 Å². The summed E-state index contributed by atoms with van der Waals surface area (Å²) in [5, 5.41) is 5.57. The molecule has 0 spiro atoms. The SMILES string of the molecule is C1=CC2C(=C1)C=Cc1ccc3ccc4ccc5c(c4c3c12)C1c2ccccc2C=CC1C=C5. The molecule has 4 aromatic carbocycles. The molecule has 0 aliphatic heterocycles. The minimum Gasteiger partial charge on any atom is -0.0761 e. The van der Waals surface area contributed by atoms with Gasteiger partial charge in [0.25, 0.3) is 0 Å². The molecule has 0 bridgehead atoms. The maximum absolute atomic E-state index is 2.40. The molecule has 0 nitrogen and oxygen atoms in total. The van der Waals surface area contributed by atoms with E-state index in [4.69, 9.17) is 0 Å². The van der Waals surface area contributed by atoms with Crippen LogP contribution in [-0.2, 0) is 0 Å². The van der Waals surface area contributed by atoms with Crippen molar-refractivity contribution >= 4 is 39.8 Å². The third kappa shape index (κ3) is 2.31. The van der Waals surface area contributed by atoms with Crippen LogP contribution >= 0.6 is 0 Å². The molecule has 0 N–H and O–H groups in total. The average molecular weight is 419 g/mol. The van der Waals surface area contributed by atoms with Crippen molar-refractivity contribution < 1.29 is 0 Å². The molecule has 0 saturated heterocycles. The quantitative estimate of drug-likeness (QED) is 0.251. The molecule has 0 amide bonds. The Morgan fingerprint density at radius 2 is 1.24 bits per heavy atom. The lowest BCUT2D eigenvalue weighted by Crippen LogP contribution is -2.19. The first kappa shape index (κ1) is 17.6. The summed E-state index contributed by atoms with van der Waals surface area (Å²) in [7, 11) is 0. The summed E-state index contributed by atoms with van der Waals surface area (Å²) in [6.45, 7) is 0. The zero-order chi connectivity index (χ0) is 21.5. The van der Waals surface area contributed by atoms with E-state index in [-0.39, 0.29) is 0 Å². The predicted octanol–water partition coefficient (Wildman–Crippen LogP) is 8.40. The van der Waals surface area contributed by atoms with Crippen LogP contribution in [0.5, 0.6) is 0 Å². The first-order valence-corrected chi connectivity index (χ1v) is 11.9. The maximum atomic E-state index is 2.40. The smallest absolute Gasteiger partial charge is 0.0284 e. The first-order chi connectivity index (χ1) is 16.4. The Hall–Kier alpha value is -3.90. The van der Waals surface area contributed by atoms with Crippen molar-refractivity contribution in [3.63, 3.8) is 0 Å². The van der Waals surface area contributed by atoms with Gasteiger partial charge in [0.05, 0.1) is 0 Å². The monoisotopic (exact) mass is 418 g/mol. The average Bonchev–Trinajstić information content (AvgIpc) is 3.36. The zero-order valence-corrected chi connectivity index (χ0v) is 18.2. The second kappa shape index (κ2) is 6.33. The lowest BCUT2D eigenvalue weighted by molar-refractivity contribution is 0.676. The topological polar surface area (TPSA) is 0 Å². The fraction of sp³-hybridized carbons (Fsp3) is 0.0909. The lowest BCUT2D eigenvalue weighted by atomic mass is 9.69. The van der Waals surface area contributed by atoms with Gasteiger partial charge in [-0.05, 0) is 60.5 Å². The van der Waals surface area contributed by atoms with Crippen LogP contribution in [0.1, 0.15) is 45.2 Å². The fourth-order valence-electron chi connectivity index (χ4n) is 6.60. The summed E-state index contributed by atoms with van der Waals surface area (Å²) in [6, 6.07) is 22.9. The third-order valence-electron chi connectivity index (χ3n) is 8.06. The predicted molar refractivity (Wildman–Crippen MR) is 140 cm³/mol. The Bertz CT molecular complexity index is 1670. The standard InChI is InChI=1S/C33H22/c1-2-6-27-20(4-1)8-10-22-12-14-24-16-18-26-19-17-25-15-13-23-11-9-21-5-3-7-28(21)30(23)32(25)33(26)31(24)29(22)27/h1-19,22,28-29H. The van der Waals surface area contributed by atoms with Gasteiger partial charge < -0.3 is 0 Å². The summed E-state index contributed by atoms with van der Waals surface area (Å²) >= 11 is 0. The van der Waals surface area contributed by atoms with Crippen LogP contribution < -0.4 is 0 Å². The van der Waals surface area contributed by atoms with Crippen LogP contribution in [0, 0.1) is 5.92 Å². The molecule has 4 aliphatic rings. The summed E-state index contributed by atoms with van der Waals surface area (Å²) in [4.78, 5) is 0. The molecule has 3 unspecified atom stereocenters. The van der Waals surface area contributed by atoms with Crippen molar-refractivity contribution in [3.8, 4) is 0 Å². The van der Waals surface area contributed by atoms with E-state index in [0.29, 0.717) is 17.8 Å². The first-order valence-electron chi connectivity index (χ1n) is 11.9. The highest BCUT2D eigenvalue weighted by atomic mass is 14.4. The number of hydrogen-bond donors (Lipinski definition) is 0. The van der Waals surface area contributed by atoms with E-state index in [2.05, 4.69) is 115 Å². The molecule has 0 heterocycles. The second-order valence-corrected chi connectivity index (χ2v) is 9.66. The van der Waals surface area contributed by atoms with Gasteiger partial charge >= 0.3 is 0 Å². The summed E-state index contributed by atoms with van der Waals surface area (Å²) in [5.74, 6) is 1.10. The maximum Gasteiger partial charge on any atom is 0.0284 e. The number of benzene rings is 4. The second-order valence-electron chi connectivity index (χ2n) is 9.66. The van der Waals surface area contributed by atoms with E-state index < -0.39 is 0 Å². The summed E-state index contributed by atoms with van der Waals surface area (Å²) in [5.41, 5.74) is 9.89. The van der Waals surface area contributed by atoms with E-state index in [9.17, 15) is 0 Å². The van der Waals surface area contributed by atoms with Gasteiger partial charge in [-0.1, -0.05) is 115 Å². The van der Waals surface area contributed by atoms with Crippen LogP contribution in [0.3, 0.4) is 0 Å².